The van der Waals surface area contributed by atoms with Crippen molar-refractivity contribution in [1.82, 2.24) is 5.43 Å². The molecule has 0 unspecified atom stereocenters. The zero-order chi connectivity index (χ0) is 15.2. The summed E-state index contributed by atoms with van der Waals surface area (Å²) in [7, 11) is 0. The summed E-state index contributed by atoms with van der Waals surface area (Å²) in [4.78, 5) is 10.9. The number of carbonyl (C=O) groups excluding carboxylic acids is 1. The minimum Gasteiger partial charge on any atom is -0.294 e. The normalized spacial score (nSPS) is 17.3. The predicted octanol–water partition coefficient (Wildman–Crippen LogP) is 4.62. The summed E-state index contributed by atoms with van der Waals surface area (Å²) in [6.45, 7) is 0. The molecule has 1 amide bonds. The lowest BCUT2D eigenvalue weighted by molar-refractivity contribution is -0.121. The van der Waals surface area contributed by atoms with Gasteiger partial charge in [-0.05, 0) is 31.6 Å². The molecule has 1 rings (SSSR count). The Hall–Kier alpha value is -0.830. The summed E-state index contributed by atoms with van der Waals surface area (Å²) in [5.74, 6) is 5.89. The zero-order valence-electron chi connectivity index (χ0n) is 13.6. The van der Waals surface area contributed by atoms with Crippen molar-refractivity contribution in [1.29, 1.82) is 0 Å². The van der Waals surface area contributed by atoms with Crippen molar-refractivity contribution in [2.45, 2.75) is 89.9 Å². The molecule has 0 saturated carbocycles. The smallest absolute Gasteiger partial charge is 0.233 e. The lowest BCUT2D eigenvalue weighted by atomic mass is 9.99. The molecule has 0 aromatic heterocycles. The number of nitrogens with two attached hydrogens (primary N) is 1. The first kappa shape index (κ1) is 18.2. The third-order valence-corrected chi connectivity index (χ3v) is 4.50. The van der Waals surface area contributed by atoms with Gasteiger partial charge in [-0.3, -0.25) is 10.2 Å². The molecule has 0 aromatic carbocycles. The van der Waals surface area contributed by atoms with E-state index >= 15 is 0 Å². The zero-order valence-corrected chi connectivity index (χ0v) is 13.6. The van der Waals surface area contributed by atoms with Gasteiger partial charge in [-0.1, -0.05) is 69.9 Å². The highest BCUT2D eigenvalue weighted by Crippen LogP contribution is 2.23. The average Bonchev–Trinajstić information content (AvgIpc) is 3.01. The number of rotatable bonds is 13. The van der Waals surface area contributed by atoms with Gasteiger partial charge in [0.1, 0.15) is 0 Å². The maximum absolute atomic E-state index is 10.9. The maximum atomic E-state index is 10.9. The summed E-state index contributed by atoms with van der Waals surface area (Å²) in [5, 5.41) is 0. The van der Waals surface area contributed by atoms with E-state index in [4.69, 9.17) is 5.84 Å². The van der Waals surface area contributed by atoms with Crippen molar-refractivity contribution in [2.75, 3.05) is 0 Å². The molecule has 0 radical (unpaired) electrons. The highest BCUT2D eigenvalue weighted by molar-refractivity contribution is 5.74. The lowest BCUT2D eigenvalue weighted by Crippen LogP contribution is -2.29. The van der Waals surface area contributed by atoms with Gasteiger partial charge < -0.3 is 0 Å². The van der Waals surface area contributed by atoms with Crippen LogP contribution in [-0.2, 0) is 4.79 Å². The summed E-state index contributed by atoms with van der Waals surface area (Å²) in [6.07, 6.45) is 22.5. The molecular formula is C18H34N2O. The molecule has 0 bridgehead atoms. The van der Waals surface area contributed by atoms with E-state index in [1.54, 1.807) is 0 Å². The third-order valence-electron chi connectivity index (χ3n) is 4.50. The molecule has 0 heterocycles. The van der Waals surface area contributed by atoms with E-state index in [0.717, 1.165) is 18.8 Å². The van der Waals surface area contributed by atoms with Gasteiger partial charge in [-0.25, -0.2) is 5.84 Å². The fourth-order valence-corrected chi connectivity index (χ4v) is 3.11. The van der Waals surface area contributed by atoms with E-state index in [9.17, 15) is 4.79 Å². The number of hydrazine groups is 1. The molecule has 0 aliphatic heterocycles. The molecule has 3 heteroatoms. The van der Waals surface area contributed by atoms with Crippen LogP contribution in [0.2, 0.25) is 0 Å². The van der Waals surface area contributed by atoms with Crippen molar-refractivity contribution in [3.63, 3.8) is 0 Å². The minimum atomic E-state index is -0.0388. The monoisotopic (exact) mass is 294 g/mol. The quantitative estimate of drug-likeness (QED) is 0.171. The van der Waals surface area contributed by atoms with Crippen LogP contribution in [0.5, 0.6) is 0 Å². The topological polar surface area (TPSA) is 55.1 Å². The van der Waals surface area contributed by atoms with E-state index in [1.807, 2.05) is 0 Å². The summed E-state index contributed by atoms with van der Waals surface area (Å²) in [6, 6.07) is 0. The Morgan fingerprint density at radius 1 is 0.952 bits per heavy atom. The van der Waals surface area contributed by atoms with E-state index in [1.165, 1.54) is 70.6 Å². The number of carbonyl (C=O) groups is 1. The molecule has 3 nitrogen and oxygen atoms in total. The van der Waals surface area contributed by atoms with Gasteiger partial charge >= 0.3 is 0 Å². The molecule has 1 atom stereocenters. The SMILES string of the molecule is NNC(=O)CCCCCCCCCCCC[C@@H]1C=CCC1. The highest BCUT2D eigenvalue weighted by Gasteiger charge is 2.07. The van der Waals surface area contributed by atoms with Crippen molar-refractivity contribution in [3.8, 4) is 0 Å². The third kappa shape index (κ3) is 10.5. The number of unbranched alkanes of at least 4 members (excludes halogenated alkanes) is 9. The first-order chi connectivity index (χ1) is 10.3. The Balaban J connectivity index is 1.70. The Bertz CT molecular complexity index is 289. The first-order valence-corrected chi connectivity index (χ1v) is 8.99. The average molecular weight is 294 g/mol. The van der Waals surface area contributed by atoms with Gasteiger partial charge in [-0.15, -0.1) is 0 Å². The lowest BCUT2D eigenvalue weighted by Gasteiger charge is -2.06. The molecule has 1 aliphatic carbocycles. The first-order valence-electron chi connectivity index (χ1n) is 8.99. The Morgan fingerprint density at radius 2 is 1.52 bits per heavy atom. The van der Waals surface area contributed by atoms with Gasteiger partial charge in [0, 0.05) is 6.42 Å². The van der Waals surface area contributed by atoms with Crippen LogP contribution in [0.25, 0.3) is 0 Å². The molecule has 0 aromatic rings. The van der Waals surface area contributed by atoms with Crippen LogP contribution >= 0.6 is 0 Å². The van der Waals surface area contributed by atoms with E-state index < -0.39 is 0 Å². The number of hydrogen-bond donors (Lipinski definition) is 2. The molecule has 0 saturated heterocycles. The number of amides is 1. The van der Waals surface area contributed by atoms with E-state index in [0.29, 0.717) is 6.42 Å². The van der Waals surface area contributed by atoms with Crippen molar-refractivity contribution >= 4 is 5.91 Å². The number of allylic oxidation sites excluding steroid dienone is 2. The van der Waals surface area contributed by atoms with E-state index in [2.05, 4.69) is 17.6 Å². The van der Waals surface area contributed by atoms with Crippen LogP contribution in [0, 0.1) is 5.92 Å². The standard InChI is InChI=1S/C18H34N2O/c19-20-18(21)16-10-8-6-4-2-1-3-5-7-9-13-17-14-11-12-15-17/h11,14,17H,1-10,12-13,15-16,19H2,(H,20,21)/t17-/m1/s1. The summed E-state index contributed by atoms with van der Waals surface area (Å²) < 4.78 is 0. The van der Waals surface area contributed by atoms with Gasteiger partial charge in [0.05, 0.1) is 0 Å². The van der Waals surface area contributed by atoms with Crippen LogP contribution in [0.1, 0.15) is 89.9 Å². The van der Waals surface area contributed by atoms with Crippen LogP contribution in [0.15, 0.2) is 12.2 Å². The molecule has 21 heavy (non-hydrogen) atoms. The van der Waals surface area contributed by atoms with Gasteiger partial charge in [0.2, 0.25) is 5.91 Å². The number of nitrogens with one attached hydrogen (secondary N) is 1. The Morgan fingerprint density at radius 3 is 2.05 bits per heavy atom. The molecule has 0 spiro atoms. The molecular weight excluding hydrogens is 260 g/mol. The molecule has 0 fully saturated rings. The van der Waals surface area contributed by atoms with E-state index in [-0.39, 0.29) is 5.91 Å². The van der Waals surface area contributed by atoms with Crippen LogP contribution in [0.3, 0.4) is 0 Å². The number of hydrogen-bond acceptors (Lipinski definition) is 2. The molecule has 3 N–H and O–H groups in total. The van der Waals surface area contributed by atoms with Crippen molar-refractivity contribution in [2.24, 2.45) is 11.8 Å². The van der Waals surface area contributed by atoms with Crippen LogP contribution < -0.4 is 11.3 Å². The Labute approximate surface area is 130 Å². The minimum absolute atomic E-state index is 0.0388. The van der Waals surface area contributed by atoms with Crippen LogP contribution in [-0.4, -0.2) is 5.91 Å². The second-order valence-electron chi connectivity index (χ2n) is 6.41. The van der Waals surface area contributed by atoms with Gasteiger partial charge in [0.25, 0.3) is 0 Å². The van der Waals surface area contributed by atoms with Crippen molar-refractivity contribution < 1.29 is 4.79 Å². The predicted molar refractivity (Wildman–Crippen MR) is 89.6 cm³/mol. The van der Waals surface area contributed by atoms with Crippen molar-refractivity contribution in [3.05, 3.63) is 12.2 Å². The summed E-state index contributed by atoms with van der Waals surface area (Å²) in [5.41, 5.74) is 2.18. The summed E-state index contributed by atoms with van der Waals surface area (Å²) >= 11 is 0. The van der Waals surface area contributed by atoms with Crippen LogP contribution in [0.4, 0.5) is 0 Å². The van der Waals surface area contributed by atoms with Gasteiger partial charge in [0.15, 0.2) is 0 Å². The highest BCUT2D eigenvalue weighted by atomic mass is 16.2. The largest absolute Gasteiger partial charge is 0.294 e. The Kier molecular flexibility index (Phi) is 11.2. The molecule has 122 valence electrons. The fourth-order valence-electron chi connectivity index (χ4n) is 3.11. The second-order valence-corrected chi connectivity index (χ2v) is 6.41. The maximum Gasteiger partial charge on any atom is 0.233 e. The molecule has 1 aliphatic rings. The second kappa shape index (κ2) is 12.9. The van der Waals surface area contributed by atoms with Gasteiger partial charge in [-0.2, -0.15) is 0 Å². The fraction of sp³-hybridized carbons (Fsp3) is 0.833.